The molecule has 2 heterocycles. The molecular weight excluding hydrogens is 258 g/mol. The molecule has 0 spiro atoms. The molecule has 1 aliphatic rings. The second-order valence-electron chi connectivity index (χ2n) is 5.23. The topological polar surface area (TPSA) is 35.6 Å². The lowest BCUT2D eigenvalue weighted by Crippen LogP contribution is -2.45. The molecule has 0 bridgehead atoms. The minimum atomic E-state index is 0.203. The Morgan fingerprint density at radius 3 is 2.79 bits per heavy atom. The highest BCUT2D eigenvalue weighted by Crippen LogP contribution is 2.12. The number of thiophene rings is 1. The van der Waals surface area contributed by atoms with Crippen molar-refractivity contribution in [3.05, 3.63) is 22.4 Å². The number of nitrogens with one attached hydrogen (secondary N) is 1. The second-order valence-corrected chi connectivity index (χ2v) is 6.26. The van der Waals surface area contributed by atoms with E-state index in [0.717, 1.165) is 32.5 Å². The minimum Gasteiger partial charge on any atom is -0.340 e. The maximum Gasteiger partial charge on any atom is 0.236 e. The lowest BCUT2D eigenvalue weighted by Gasteiger charge is -2.32. The molecule has 4 nitrogen and oxygen atoms in total. The van der Waals surface area contributed by atoms with Crippen molar-refractivity contribution in [3.8, 4) is 0 Å². The first kappa shape index (κ1) is 14.5. The Morgan fingerprint density at radius 1 is 1.42 bits per heavy atom. The molecule has 1 fully saturated rings. The number of amides is 1. The van der Waals surface area contributed by atoms with Crippen LogP contribution in [-0.4, -0.2) is 55.5 Å². The number of rotatable bonds is 5. The van der Waals surface area contributed by atoms with Gasteiger partial charge in [-0.15, -0.1) is 11.3 Å². The van der Waals surface area contributed by atoms with Crippen LogP contribution in [0.2, 0.25) is 0 Å². The highest BCUT2D eigenvalue weighted by molar-refractivity contribution is 7.09. The average Bonchev–Trinajstić information content (AvgIpc) is 2.92. The fourth-order valence-electron chi connectivity index (χ4n) is 2.44. The van der Waals surface area contributed by atoms with Gasteiger partial charge in [0.15, 0.2) is 0 Å². The molecule has 0 aromatic carbocycles. The van der Waals surface area contributed by atoms with E-state index in [1.807, 2.05) is 18.0 Å². The first-order valence-corrected chi connectivity index (χ1v) is 7.72. The van der Waals surface area contributed by atoms with E-state index < -0.39 is 0 Å². The van der Waals surface area contributed by atoms with E-state index >= 15 is 0 Å². The predicted octanol–water partition coefficient (Wildman–Crippen LogP) is 1.39. The van der Waals surface area contributed by atoms with E-state index in [0.29, 0.717) is 12.6 Å². The Morgan fingerprint density at radius 2 is 2.16 bits per heavy atom. The third-order valence-electron chi connectivity index (χ3n) is 3.72. The fourth-order valence-corrected chi connectivity index (χ4v) is 3.19. The Bertz CT molecular complexity index is 387. The first-order valence-electron chi connectivity index (χ1n) is 6.84. The van der Waals surface area contributed by atoms with Crippen molar-refractivity contribution < 1.29 is 4.79 Å². The highest BCUT2D eigenvalue weighted by Gasteiger charge is 2.21. The number of hydrogen-bond acceptors (Lipinski definition) is 4. The Balaban J connectivity index is 1.79. The van der Waals surface area contributed by atoms with Gasteiger partial charge in [-0.3, -0.25) is 9.69 Å². The molecule has 1 N–H and O–H groups in total. The van der Waals surface area contributed by atoms with E-state index in [-0.39, 0.29) is 5.91 Å². The Hall–Kier alpha value is -0.910. The highest BCUT2D eigenvalue weighted by atomic mass is 32.1. The molecule has 2 rings (SSSR count). The number of carbonyl (C=O) groups is 1. The van der Waals surface area contributed by atoms with E-state index in [9.17, 15) is 4.79 Å². The van der Waals surface area contributed by atoms with Crippen LogP contribution in [0.4, 0.5) is 0 Å². The third kappa shape index (κ3) is 4.30. The van der Waals surface area contributed by atoms with Gasteiger partial charge in [-0.05, 0) is 44.4 Å². The summed E-state index contributed by atoms with van der Waals surface area (Å²) >= 11 is 1.70. The molecule has 0 atom stereocenters. The van der Waals surface area contributed by atoms with E-state index in [2.05, 4.69) is 28.7 Å². The molecule has 1 saturated heterocycles. The van der Waals surface area contributed by atoms with Crippen LogP contribution in [0.25, 0.3) is 0 Å². The Kier molecular flexibility index (Phi) is 5.36. The van der Waals surface area contributed by atoms with Gasteiger partial charge in [0.25, 0.3) is 0 Å². The van der Waals surface area contributed by atoms with Crippen molar-refractivity contribution in [2.75, 3.05) is 33.7 Å². The average molecular weight is 281 g/mol. The Labute approximate surface area is 119 Å². The summed E-state index contributed by atoms with van der Waals surface area (Å²) in [5.74, 6) is 0.203. The molecule has 1 aliphatic heterocycles. The zero-order chi connectivity index (χ0) is 13.7. The van der Waals surface area contributed by atoms with Gasteiger partial charge in [0, 0.05) is 18.0 Å². The summed E-state index contributed by atoms with van der Waals surface area (Å²) in [4.78, 5) is 17.5. The zero-order valence-electron chi connectivity index (χ0n) is 11.8. The molecule has 0 aliphatic carbocycles. The molecule has 0 unspecified atom stereocenters. The van der Waals surface area contributed by atoms with E-state index in [1.54, 1.807) is 11.3 Å². The van der Waals surface area contributed by atoms with Crippen molar-refractivity contribution in [3.63, 3.8) is 0 Å². The molecule has 19 heavy (non-hydrogen) atoms. The molecule has 1 aromatic rings. The zero-order valence-corrected chi connectivity index (χ0v) is 12.6. The number of piperidine rings is 1. The normalized spacial score (nSPS) is 16.8. The van der Waals surface area contributed by atoms with Gasteiger partial charge in [0.2, 0.25) is 5.91 Å². The summed E-state index contributed by atoms with van der Waals surface area (Å²) in [6.07, 6.45) is 2.27. The molecule has 0 radical (unpaired) electrons. The van der Waals surface area contributed by atoms with Crippen LogP contribution in [0.1, 0.15) is 17.7 Å². The van der Waals surface area contributed by atoms with Gasteiger partial charge < -0.3 is 10.2 Å². The smallest absolute Gasteiger partial charge is 0.236 e. The predicted molar refractivity (Wildman–Crippen MR) is 79.3 cm³/mol. The molecule has 1 amide bonds. The SMILES string of the molecule is CN(Cc1cccs1)C(=O)CN(C)C1CCNCC1. The summed E-state index contributed by atoms with van der Waals surface area (Å²) in [6, 6.07) is 4.64. The van der Waals surface area contributed by atoms with Crippen molar-refractivity contribution >= 4 is 17.2 Å². The van der Waals surface area contributed by atoms with Crippen LogP contribution in [-0.2, 0) is 11.3 Å². The van der Waals surface area contributed by atoms with Gasteiger partial charge in [-0.1, -0.05) is 6.07 Å². The fraction of sp³-hybridized carbons (Fsp3) is 0.643. The van der Waals surface area contributed by atoms with Crippen molar-refractivity contribution in [2.45, 2.75) is 25.4 Å². The summed E-state index contributed by atoms with van der Waals surface area (Å²) in [5, 5.41) is 5.41. The standard InChI is InChI=1S/C14H23N3OS/c1-16(12-5-7-15-8-6-12)11-14(18)17(2)10-13-4-3-9-19-13/h3-4,9,12,15H,5-8,10-11H2,1-2H3. The molecule has 0 saturated carbocycles. The minimum absolute atomic E-state index is 0.203. The van der Waals surface area contributed by atoms with Crippen molar-refractivity contribution in [1.82, 2.24) is 15.1 Å². The van der Waals surface area contributed by atoms with E-state index in [1.165, 1.54) is 4.88 Å². The van der Waals surface area contributed by atoms with Crippen molar-refractivity contribution in [1.29, 1.82) is 0 Å². The summed E-state index contributed by atoms with van der Waals surface area (Å²) in [5.41, 5.74) is 0. The van der Waals surface area contributed by atoms with Crippen molar-refractivity contribution in [2.24, 2.45) is 0 Å². The van der Waals surface area contributed by atoms with Crippen LogP contribution in [0.15, 0.2) is 17.5 Å². The molecule has 5 heteroatoms. The van der Waals surface area contributed by atoms with Crippen LogP contribution < -0.4 is 5.32 Å². The largest absolute Gasteiger partial charge is 0.340 e. The van der Waals surface area contributed by atoms with Gasteiger partial charge in [0.1, 0.15) is 0 Å². The second kappa shape index (κ2) is 7.03. The molecule has 106 valence electrons. The van der Waals surface area contributed by atoms with Gasteiger partial charge >= 0.3 is 0 Å². The van der Waals surface area contributed by atoms with Crippen LogP contribution in [0.3, 0.4) is 0 Å². The molecular formula is C14H23N3OS. The lowest BCUT2D eigenvalue weighted by molar-refractivity contribution is -0.131. The third-order valence-corrected chi connectivity index (χ3v) is 4.58. The van der Waals surface area contributed by atoms with Crippen LogP contribution >= 0.6 is 11.3 Å². The quantitative estimate of drug-likeness (QED) is 0.886. The lowest BCUT2D eigenvalue weighted by atomic mass is 10.1. The number of hydrogen-bond donors (Lipinski definition) is 1. The van der Waals surface area contributed by atoms with Gasteiger partial charge in [0.05, 0.1) is 13.1 Å². The summed E-state index contributed by atoms with van der Waals surface area (Å²) in [6.45, 7) is 3.37. The maximum absolute atomic E-state index is 12.2. The molecule has 1 aromatic heterocycles. The van der Waals surface area contributed by atoms with Gasteiger partial charge in [-0.25, -0.2) is 0 Å². The van der Waals surface area contributed by atoms with E-state index in [4.69, 9.17) is 0 Å². The first-order chi connectivity index (χ1) is 9.16. The summed E-state index contributed by atoms with van der Waals surface area (Å²) in [7, 11) is 3.95. The summed E-state index contributed by atoms with van der Waals surface area (Å²) < 4.78 is 0. The number of nitrogens with zero attached hydrogens (tertiary/aromatic N) is 2. The number of carbonyl (C=O) groups excluding carboxylic acids is 1. The van der Waals surface area contributed by atoms with Crippen LogP contribution in [0, 0.1) is 0 Å². The monoisotopic (exact) mass is 281 g/mol. The number of likely N-dealkylation sites (N-methyl/N-ethyl adjacent to an activating group) is 2. The van der Waals surface area contributed by atoms with Gasteiger partial charge in [-0.2, -0.15) is 0 Å². The van der Waals surface area contributed by atoms with Crippen LogP contribution in [0.5, 0.6) is 0 Å². The maximum atomic E-state index is 12.2.